The molecule has 1 aliphatic carbocycles. The van der Waals surface area contributed by atoms with Crippen molar-refractivity contribution in [1.29, 1.82) is 0 Å². The fourth-order valence-electron chi connectivity index (χ4n) is 2.43. The summed E-state index contributed by atoms with van der Waals surface area (Å²) in [5, 5.41) is 5.90. The summed E-state index contributed by atoms with van der Waals surface area (Å²) in [4.78, 5) is 23.3. The number of nitrogens with one attached hydrogen (secondary N) is 2. The van der Waals surface area contributed by atoms with E-state index in [1.807, 2.05) is 12.1 Å². The Morgan fingerprint density at radius 1 is 1.27 bits per heavy atom. The van der Waals surface area contributed by atoms with Gasteiger partial charge in [-0.05, 0) is 36.8 Å². The fraction of sp³-hybridized carbons (Fsp3) is 0.250. The Hall–Kier alpha value is -2.27. The van der Waals surface area contributed by atoms with Crippen molar-refractivity contribution in [3.63, 3.8) is 0 Å². The average Bonchev–Trinajstić information content (AvgIpc) is 3.08. The predicted molar refractivity (Wildman–Crippen MR) is 83.9 cm³/mol. The first kappa shape index (κ1) is 14.7. The van der Waals surface area contributed by atoms with Gasteiger partial charge >= 0.3 is 0 Å². The fourth-order valence-corrected chi connectivity index (χ4v) is 2.59. The molecular weight excluding hydrogens is 304 g/mol. The molecule has 0 spiro atoms. The molecular formula is C16H15ClN2O3. The molecule has 0 radical (unpaired) electrons. The third kappa shape index (κ3) is 3.14. The number of amides is 2. The van der Waals surface area contributed by atoms with Crippen LogP contribution < -0.4 is 10.6 Å². The largest absolute Gasteiger partial charge is 0.469 e. The summed E-state index contributed by atoms with van der Waals surface area (Å²) in [5.41, 5.74) is 1.08. The molecule has 1 saturated carbocycles. The van der Waals surface area contributed by atoms with Crippen molar-refractivity contribution >= 4 is 34.8 Å². The molecule has 114 valence electrons. The molecule has 1 heterocycles. The molecule has 1 aromatic carbocycles. The number of carbonyl (C=O) groups excluding carboxylic acids is 2. The first-order valence-corrected chi connectivity index (χ1v) is 7.34. The van der Waals surface area contributed by atoms with E-state index in [0.29, 0.717) is 16.4 Å². The minimum absolute atomic E-state index is 0.0942. The maximum atomic E-state index is 12.3. The molecule has 2 N–H and O–H groups in total. The zero-order chi connectivity index (χ0) is 15.7. The van der Waals surface area contributed by atoms with Crippen LogP contribution in [0.15, 0.2) is 41.0 Å². The summed E-state index contributed by atoms with van der Waals surface area (Å²) >= 11 is 6.09. The van der Waals surface area contributed by atoms with Crippen LogP contribution in [0.25, 0.3) is 0 Å². The quantitative estimate of drug-likeness (QED) is 0.904. The van der Waals surface area contributed by atoms with Gasteiger partial charge in [0.05, 0.1) is 17.0 Å². The van der Waals surface area contributed by atoms with Crippen molar-refractivity contribution in [1.82, 2.24) is 0 Å². The van der Waals surface area contributed by atoms with Gasteiger partial charge in [-0.1, -0.05) is 11.6 Å². The molecule has 6 heteroatoms. The van der Waals surface area contributed by atoms with Crippen LogP contribution in [-0.4, -0.2) is 11.8 Å². The lowest BCUT2D eigenvalue weighted by Crippen LogP contribution is -2.15. The molecule has 0 bridgehead atoms. The van der Waals surface area contributed by atoms with Gasteiger partial charge in [0.2, 0.25) is 11.8 Å². The van der Waals surface area contributed by atoms with E-state index in [2.05, 4.69) is 10.6 Å². The van der Waals surface area contributed by atoms with Crippen LogP contribution in [0.2, 0.25) is 5.02 Å². The predicted octanol–water partition coefficient (Wildman–Crippen LogP) is 3.63. The molecule has 2 atom stereocenters. The highest BCUT2D eigenvalue weighted by atomic mass is 35.5. The van der Waals surface area contributed by atoms with Crippen LogP contribution in [0.5, 0.6) is 0 Å². The molecule has 3 rings (SSSR count). The van der Waals surface area contributed by atoms with Gasteiger partial charge in [-0.2, -0.15) is 0 Å². The first-order chi connectivity index (χ1) is 10.5. The Bertz CT molecular complexity index is 712. The van der Waals surface area contributed by atoms with Crippen LogP contribution in [0.4, 0.5) is 11.4 Å². The normalized spacial score (nSPS) is 19.5. The van der Waals surface area contributed by atoms with Gasteiger partial charge in [-0.3, -0.25) is 9.59 Å². The summed E-state index contributed by atoms with van der Waals surface area (Å²) in [6.07, 6.45) is 2.37. The second-order valence-electron chi connectivity index (χ2n) is 5.33. The Balaban J connectivity index is 1.68. The minimum atomic E-state index is -0.181. The van der Waals surface area contributed by atoms with Gasteiger partial charge in [-0.25, -0.2) is 0 Å². The molecule has 2 amide bonds. The van der Waals surface area contributed by atoms with Gasteiger partial charge in [0.25, 0.3) is 0 Å². The maximum Gasteiger partial charge on any atom is 0.228 e. The minimum Gasteiger partial charge on any atom is -0.469 e. The number of rotatable bonds is 4. The lowest BCUT2D eigenvalue weighted by molar-refractivity contribution is -0.117. The number of furan rings is 1. The Morgan fingerprint density at radius 2 is 2.09 bits per heavy atom. The topological polar surface area (TPSA) is 71.3 Å². The van der Waals surface area contributed by atoms with E-state index in [0.717, 1.165) is 12.2 Å². The van der Waals surface area contributed by atoms with Gasteiger partial charge in [-0.15, -0.1) is 0 Å². The molecule has 22 heavy (non-hydrogen) atoms. The summed E-state index contributed by atoms with van der Waals surface area (Å²) in [6.45, 7) is 1.42. The number of hydrogen-bond donors (Lipinski definition) is 2. The van der Waals surface area contributed by atoms with Gasteiger partial charge < -0.3 is 15.1 Å². The lowest BCUT2D eigenvalue weighted by atomic mass is 10.2. The number of benzene rings is 1. The molecule has 1 aromatic heterocycles. The van der Waals surface area contributed by atoms with E-state index in [-0.39, 0.29) is 23.7 Å². The molecule has 0 aliphatic heterocycles. The van der Waals surface area contributed by atoms with Crippen LogP contribution >= 0.6 is 11.6 Å². The van der Waals surface area contributed by atoms with Crippen molar-refractivity contribution < 1.29 is 14.0 Å². The van der Waals surface area contributed by atoms with Gasteiger partial charge in [0.1, 0.15) is 5.76 Å². The Labute approximate surface area is 132 Å². The number of anilines is 2. The third-order valence-corrected chi connectivity index (χ3v) is 3.91. The SMILES string of the molecule is CC(=O)Nc1ccc(Cl)c(NC(=O)[C@@H]2C[C@H]2c2ccco2)c1. The maximum absolute atomic E-state index is 12.3. The zero-order valence-electron chi connectivity index (χ0n) is 11.9. The van der Waals surface area contributed by atoms with Crippen LogP contribution in [0, 0.1) is 5.92 Å². The summed E-state index contributed by atoms with van der Waals surface area (Å²) in [6, 6.07) is 8.66. The number of hydrogen-bond acceptors (Lipinski definition) is 3. The monoisotopic (exact) mass is 318 g/mol. The highest BCUT2D eigenvalue weighted by Gasteiger charge is 2.45. The Kier molecular flexibility index (Phi) is 3.90. The molecule has 2 aromatic rings. The lowest BCUT2D eigenvalue weighted by Gasteiger charge is -2.09. The summed E-state index contributed by atoms with van der Waals surface area (Å²) in [5.74, 6) is 0.583. The highest BCUT2D eigenvalue weighted by Crippen LogP contribution is 2.48. The molecule has 0 unspecified atom stereocenters. The third-order valence-electron chi connectivity index (χ3n) is 3.58. The van der Waals surface area contributed by atoms with Crippen LogP contribution in [0.3, 0.4) is 0 Å². The second-order valence-corrected chi connectivity index (χ2v) is 5.74. The van der Waals surface area contributed by atoms with Crippen molar-refractivity contribution in [2.24, 2.45) is 5.92 Å². The van der Waals surface area contributed by atoms with Crippen molar-refractivity contribution in [2.45, 2.75) is 19.3 Å². The van der Waals surface area contributed by atoms with E-state index >= 15 is 0 Å². The van der Waals surface area contributed by atoms with E-state index < -0.39 is 0 Å². The number of halogens is 1. The smallest absolute Gasteiger partial charge is 0.228 e. The summed E-state index contributed by atoms with van der Waals surface area (Å²) < 4.78 is 5.32. The van der Waals surface area contributed by atoms with E-state index in [4.69, 9.17) is 16.0 Å². The van der Waals surface area contributed by atoms with Crippen molar-refractivity contribution in [3.8, 4) is 0 Å². The van der Waals surface area contributed by atoms with E-state index in [9.17, 15) is 9.59 Å². The standard InChI is InChI=1S/C16H15ClN2O3/c1-9(20)18-10-4-5-13(17)14(7-10)19-16(21)12-8-11(12)15-3-2-6-22-15/h2-7,11-12H,8H2,1H3,(H,18,20)(H,19,21)/t11-,12-/m1/s1. The van der Waals surface area contributed by atoms with E-state index in [1.54, 1.807) is 24.5 Å². The second kappa shape index (κ2) is 5.85. The molecule has 1 fully saturated rings. The van der Waals surface area contributed by atoms with Crippen molar-refractivity contribution in [2.75, 3.05) is 10.6 Å². The van der Waals surface area contributed by atoms with Crippen molar-refractivity contribution in [3.05, 3.63) is 47.4 Å². The average molecular weight is 319 g/mol. The molecule has 5 nitrogen and oxygen atoms in total. The van der Waals surface area contributed by atoms with Gasteiger partial charge in [0, 0.05) is 24.4 Å². The zero-order valence-corrected chi connectivity index (χ0v) is 12.7. The summed E-state index contributed by atoms with van der Waals surface area (Å²) in [7, 11) is 0. The molecule has 1 aliphatic rings. The Morgan fingerprint density at radius 3 is 2.77 bits per heavy atom. The highest BCUT2D eigenvalue weighted by molar-refractivity contribution is 6.34. The van der Waals surface area contributed by atoms with E-state index in [1.165, 1.54) is 6.92 Å². The van der Waals surface area contributed by atoms with Crippen LogP contribution in [-0.2, 0) is 9.59 Å². The number of carbonyl (C=O) groups is 2. The van der Waals surface area contributed by atoms with Gasteiger partial charge in [0.15, 0.2) is 0 Å². The van der Waals surface area contributed by atoms with Crippen LogP contribution in [0.1, 0.15) is 25.0 Å². The molecule has 0 saturated heterocycles. The first-order valence-electron chi connectivity index (χ1n) is 6.96.